The Morgan fingerprint density at radius 3 is 2.25 bits per heavy atom. The monoisotopic (exact) mass is 302 g/mol. The van der Waals surface area contributed by atoms with Crippen LogP contribution in [-0.2, 0) is 19.2 Å². The molecule has 1 fully saturated rings. The Labute approximate surface area is 121 Å². The Morgan fingerprint density at radius 1 is 1.20 bits per heavy atom. The van der Waals surface area contributed by atoms with Gasteiger partial charge in [-0.25, -0.2) is 0 Å². The number of hydrogen-bond acceptors (Lipinski definition) is 5. The lowest BCUT2D eigenvalue weighted by atomic mass is 10.00. The predicted molar refractivity (Wildman–Crippen MR) is 73.0 cm³/mol. The van der Waals surface area contributed by atoms with Crippen molar-refractivity contribution in [3.8, 4) is 0 Å². The van der Waals surface area contributed by atoms with Crippen LogP contribution >= 0.6 is 11.8 Å². The van der Waals surface area contributed by atoms with Crippen molar-refractivity contribution in [2.24, 2.45) is 11.8 Å². The van der Waals surface area contributed by atoms with Gasteiger partial charge in [0.15, 0.2) is 0 Å². The Kier molecular flexibility index (Phi) is 6.00. The number of nitrogens with zero attached hydrogens (tertiary/aromatic N) is 1. The second-order valence-corrected chi connectivity index (χ2v) is 5.63. The molecule has 112 valence electrons. The summed E-state index contributed by atoms with van der Waals surface area (Å²) in [6, 6.07) is 0. The molecule has 1 heterocycles. The number of aliphatic carboxylic acids is 1. The van der Waals surface area contributed by atoms with Crippen LogP contribution in [0, 0.1) is 11.8 Å². The summed E-state index contributed by atoms with van der Waals surface area (Å²) < 4.78 is 0. The molecule has 1 saturated heterocycles. The van der Waals surface area contributed by atoms with Crippen LogP contribution in [-0.4, -0.2) is 58.3 Å². The minimum absolute atomic E-state index is 0.0427. The minimum Gasteiger partial charge on any atom is -0.481 e. The van der Waals surface area contributed by atoms with E-state index >= 15 is 0 Å². The van der Waals surface area contributed by atoms with E-state index in [1.165, 1.54) is 4.90 Å². The maximum absolute atomic E-state index is 11.8. The molecule has 0 spiro atoms. The Morgan fingerprint density at radius 2 is 1.75 bits per heavy atom. The molecule has 8 heteroatoms. The average Bonchev–Trinajstić information content (AvgIpc) is 2.56. The molecule has 2 atom stereocenters. The van der Waals surface area contributed by atoms with Crippen molar-refractivity contribution in [3.05, 3.63) is 0 Å². The summed E-state index contributed by atoms with van der Waals surface area (Å²) >= 11 is 0.995. The largest absolute Gasteiger partial charge is 0.481 e. The van der Waals surface area contributed by atoms with Crippen LogP contribution in [0.15, 0.2) is 0 Å². The van der Waals surface area contributed by atoms with Crippen LogP contribution in [0.25, 0.3) is 0 Å². The topological polar surface area (TPSA) is 104 Å². The number of hydrogen-bond donors (Lipinski definition) is 2. The van der Waals surface area contributed by atoms with Crippen molar-refractivity contribution >= 4 is 35.5 Å². The molecule has 7 nitrogen and oxygen atoms in total. The molecule has 1 aliphatic rings. The van der Waals surface area contributed by atoms with E-state index in [-0.39, 0.29) is 54.2 Å². The maximum atomic E-state index is 11.8. The second-order valence-electron chi connectivity index (χ2n) is 4.64. The molecular weight excluding hydrogens is 284 g/mol. The lowest BCUT2D eigenvalue weighted by Crippen LogP contribution is -2.39. The van der Waals surface area contributed by atoms with Crippen LogP contribution in [0.4, 0.5) is 0 Å². The van der Waals surface area contributed by atoms with Crippen molar-refractivity contribution in [1.82, 2.24) is 10.2 Å². The number of carboxylic acids is 1. The zero-order valence-corrected chi connectivity index (χ0v) is 12.2. The summed E-state index contributed by atoms with van der Waals surface area (Å²) in [5.41, 5.74) is 0. The minimum atomic E-state index is -0.973. The predicted octanol–water partition coefficient (Wildman–Crippen LogP) is -0.439. The fourth-order valence-corrected chi connectivity index (χ4v) is 2.40. The molecule has 0 aromatic rings. The number of amides is 3. The third-order valence-corrected chi connectivity index (χ3v) is 4.09. The van der Waals surface area contributed by atoms with Gasteiger partial charge in [0, 0.05) is 24.9 Å². The van der Waals surface area contributed by atoms with Crippen LogP contribution in [0.1, 0.15) is 13.8 Å². The molecule has 0 saturated carbocycles. The molecule has 0 bridgehead atoms. The number of carbonyl (C=O) groups excluding carboxylic acids is 3. The molecule has 1 aliphatic heterocycles. The Hall–Kier alpha value is -1.57. The lowest BCUT2D eigenvalue weighted by Gasteiger charge is -2.14. The molecule has 1 rings (SSSR count). The van der Waals surface area contributed by atoms with Crippen molar-refractivity contribution < 1.29 is 24.3 Å². The smallest absolute Gasteiger partial charge is 0.313 e. The van der Waals surface area contributed by atoms with Gasteiger partial charge in [0.1, 0.15) is 0 Å². The first-order valence-corrected chi connectivity index (χ1v) is 7.41. The van der Waals surface area contributed by atoms with E-state index < -0.39 is 5.97 Å². The zero-order chi connectivity index (χ0) is 15.3. The number of rotatable bonds is 7. The van der Waals surface area contributed by atoms with E-state index in [4.69, 9.17) is 5.11 Å². The van der Waals surface area contributed by atoms with E-state index in [9.17, 15) is 19.2 Å². The number of nitrogens with one attached hydrogen (secondary N) is 1. The zero-order valence-electron chi connectivity index (χ0n) is 11.4. The highest BCUT2D eigenvalue weighted by molar-refractivity contribution is 8.00. The molecule has 3 amide bonds. The van der Waals surface area contributed by atoms with Gasteiger partial charge < -0.3 is 10.4 Å². The van der Waals surface area contributed by atoms with Gasteiger partial charge in [-0.1, -0.05) is 13.8 Å². The van der Waals surface area contributed by atoms with E-state index in [1.807, 2.05) is 0 Å². The lowest BCUT2D eigenvalue weighted by molar-refractivity contribution is -0.140. The van der Waals surface area contributed by atoms with Gasteiger partial charge in [-0.15, -0.1) is 11.8 Å². The fourth-order valence-electron chi connectivity index (χ4n) is 1.84. The number of imide groups is 1. The highest BCUT2D eigenvalue weighted by Gasteiger charge is 2.41. The average molecular weight is 302 g/mol. The normalized spacial score (nSPS) is 22.2. The van der Waals surface area contributed by atoms with Gasteiger partial charge in [0.2, 0.25) is 17.7 Å². The van der Waals surface area contributed by atoms with E-state index in [2.05, 4.69) is 5.32 Å². The summed E-state index contributed by atoms with van der Waals surface area (Å²) in [6.07, 6.45) is 0. The third kappa shape index (κ3) is 4.22. The summed E-state index contributed by atoms with van der Waals surface area (Å²) in [5, 5.41) is 11.0. The van der Waals surface area contributed by atoms with Gasteiger partial charge in [-0.3, -0.25) is 24.1 Å². The molecule has 20 heavy (non-hydrogen) atoms. The number of carbonyl (C=O) groups is 4. The van der Waals surface area contributed by atoms with E-state index in [0.29, 0.717) is 0 Å². The van der Waals surface area contributed by atoms with Gasteiger partial charge in [-0.2, -0.15) is 0 Å². The highest BCUT2D eigenvalue weighted by Crippen LogP contribution is 2.24. The fraction of sp³-hybridized carbons (Fsp3) is 0.667. The standard InChI is InChI=1S/C12H18N2O5S/c1-7-8(2)12(19)14(11(7)18)4-3-13-9(15)5-20-6-10(16)17/h7-8H,3-6H2,1-2H3,(H,13,15)(H,16,17). The van der Waals surface area contributed by atoms with Crippen molar-refractivity contribution in [3.63, 3.8) is 0 Å². The van der Waals surface area contributed by atoms with Gasteiger partial charge in [-0.05, 0) is 0 Å². The number of likely N-dealkylation sites (tertiary alicyclic amines) is 1. The van der Waals surface area contributed by atoms with Crippen molar-refractivity contribution in [2.75, 3.05) is 24.6 Å². The summed E-state index contributed by atoms with van der Waals surface area (Å²) in [4.78, 5) is 46.4. The van der Waals surface area contributed by atoms with E-state index in [0.717, 1.165) is 11.8 Å². The second kappa shape index (κ2) is 7.28. The first-order chi connectivity index (χ1) is 9.34. The van der Waals surface area contributed by atoms with Gasteiger partial charge >= 0.3 is 5.97 Å². The van der Waals surface area contributed by atoms with E-state index in [1.54, 1.807) is 13.8 Å². The molecule has 0 aromatic heterocycles. The summed E-state index contributed by atoms with van der Waals surface area (Å²) in [7, 11) is 0. The quantitative estimate of drug-likeness (QED) is 0.618. The number of thioether (sulfide) groups is 1. The third-order valence-electron chi connectivity index (χ3n) is 3.18. The molecule has 2 N–H and O–H groups in total. The number of carboxylic acid groups (broad SMARTS) is 1. The summed E-state index contributed by atoms with van der Waals surface area (Å²) in [5.74, 6) is -2.43. The van der Waals surface area contributed by atoms with Gasteiger partial charge in [0.05, 0.1) is 11.5 Å². The van der Waals surface area contributed by atoms with Crippen molar-refractivity contribution in [1.29, 1.82) is 0 Å². The van der Waals surface area contributed by atoms with Crippen LogP contribution in [0.5, 0.6) is 0 Å². The SMILES string of the molecule is CC1C(=O)N(CCNC(=O)CSCC(=O)O)C(=O)C1C. The van der Waals surface area contributed by atoms with Crippen molar-refractivity contribution in [2.45, 2.75) is 13.8 Å². The first kappa shape index (κ1) is 16.5. The van der Waals surface area contributed by atoms with Gasteiger partial charge in [0.25, 0.3) is 0 Å². The first-order valence-electron chi connectivity index (χ1n) is 6.26. The molecule has 2 unspecified atom stereocenters. The van der Waals surface area contributed by atoms with Crippen LogP contribution in [0.2, 0.25) is 0 Å². The van der Waals surface area contributed by atoms with Crippen LogP contribution in [0.3, 0.4) is 0 Å². The molecule has 0 aliphatic carbocycles. The molecular formula is C12H18N2O5S. The summed E-state index contributed by atoms with van der Waals surface area (Å²) in [6.45, 7) is 3.77. The Balaban J connectivity index is 2.27. The Bertz CT molecular complexity index is 406. The maximum Gasteiger partial charge on any atom is 0.313 e. The van der Waals surface area contributed by atoms with Crippen LogP contribution < -0.4 is 5.32 Å². The molecule has 0 aromatic carbocycles. The highest BCUT2D eigenvalue weighted by atomic mass is 32.2. The molecule has 0 radical (unpaired) electrons.